The average molecular weight is 407 g/mol. The highest BCUT2D eigenvalue weighted by Crippen LogP contribution is 2.44. The highest BCUT2D eigenvalue weighted by Gasteiger charge is 2.55. The predicted octanol–water partition coefficient (Wildman–Crippen LogP) is 2.02. The summed E-state index contributed by atoms with van der Waals surface area (Å²) >= 11 is 5.97. The van der Waals surface area contributed by atoms with Crippen LogP contribution in [0.1, 0.15) is 39.5 Å². The van der Waals surface area contributed by atoms with Gasteiger partial charge >= 0.3 is 0 Å². The number of aromatic nitrogens is 2. The zero-order valence-corrected chi connectivity index (χ0v) is 16.2. The van der Waals surface area contributed by atoms with Gasteiger partial charge in [0.05, 0.1) is 19.3 Å². The summed E-state index contributed by atoms with van der Waals surface area (Å²) in [4.78, 5) is 24.9. The number of halogens is 2. The number of nitrogens with one attached hydrogen (secondary N) is 2. The van der Waals surface area contributed by atoms with Crippen LogP contribution in [0.2, 0.25) is 5.02 Å². The monoisotopic (exact) mass is 406 g/mol. The summed E-state index contributed by atoms with van der Waals surface area (Å²) in [6.45, 7) is 3.06. The zero-order valence-electron chi connectivity index (χ0n) is 15.4. The summed E-state index contributed by atoms with van der Waals surface area (Å²) in [6.07, 6.45) is 0. The van der Waals surface area contributed by atoms with Crippen molar-refractivity contribution in [2.45, 2.75) is 19.0 Å². The number of fused-ring (bicyclic) bond motifs is 1. The highest BCUT2D eigenvalue weighted by atomic mass is 35.5. The lowest BCUT2D eigenvalue weighted by Gasteiger charge is -2.17. The maximum atomic E-state index is 13.8. The van der Waals surface area contributed by atoms with Crippen molar-refractivity contribution in [2.75, 3.05) is 20.3 Å². The van der Waals surface area contributed by atoms with Gasteiger partial charge in [0.2, 0.25) is 0 Å². The molecule has 3 atom stereocenters. The Kier molecular flexibility index (Phi) is 4.84. The minimum atomic E-state index is -0.505. The second kappa shape index (κ2) is 7.18. The van der Waals surface area contributed by atoms with Crippen LogP contribution in [0.4, 0.5) is 4.39 Å². The van der Waals surface area contributed by atoms with Crippen LogP contribution in [-0.2, 0) is 4.74 Å². The van der Waals surface area contributed by atoms with Crippen molar-refractivity contribution in [3.63, 3.8) is 0 Å². The van der Waals surface area contributed by atoms with E-state index in [-0.39, 0.29) is 28.4 Å². The molecule has 2 amide bonds. The Balaban J connectivity index is 1.65. The summed E-state index contributed by atoms with van der Waals surface area (Å²) < 4.78 is 20.6. The quantitative estimate of drug-likeness (QED) is 0.795. The summed E-state index contributed by atoms with van der Waals surface area (Å²) in [6, 6.07) is 5.17. The Morgan fingerprint density at radius 3 is 2.61 bits per heavy atom. The minimum absolute atomic E-state index is 0.0759. The molecule has 3 unspecified atom stereocenters. The van der Waals surface area contributed by atoms with Gasteiger partial charge < -0.3 is 15.4 Å². The fourth-order valence-corrected chi connectivity index (χ4v) is 3.97. The van der Waals surface area contributed by atoms with Crippen LogP contribution in [-0.4, -0.2) is 47.9 Å². The van der Waals surface area contributed by atoms with E-state index in [1.54, 1.807) is 13.0 Å². The Bertz CT molecular complexity index is 917. The number of nitrogens with zero attached hydrogens (tertiary/aromatic N) is 2. The van der Waals surface area contributed by atoms with Crippen LogP contribution < -0.4 is 10.6 Å². The van der Waals surface area contributed by atoms with Crippen molar-refractivity contribution < 1.29 is 18.7 Å². The second-order valence-corrected chi connectivity index (χ2v) is 7.62. The molecule has 2 aromatic rings. The lowest BCUT2D eigenvalue weighted by Crippen LogP contribution is -2.32. The zero-order chi connectivity index (χ0) is 20.0. The SMILES string of the molecule is CNC(=O)c1cc(C(=O)NC2C3COCC32)n(C(C)c2cc(F)cc(Cl)c2)n1. The van der Waals surface area contributed by atoms with Gasteiger partial charge in [-0.2, -0.15) is 5.10 Å². The van der Waals surface area contributed by atoms with Crippen LogP contribution in [0.25, 0.3) is 0 Å². The number of amides is 2. The first-order chi connectivity index (χ1) is 13.4. The molecule has 9 heteroatoms. The highest BCUT2D eigenvalue weighted by molar-refractivity contribution is 6.30. The molecule has 0 bridgehead atoms. The molecule has 1 aromatic heterocycles. The molecule has 0 radical (unpaired) electrons. The van der Waals surface area contributed by atoms with E-state index in [9.17, 15) is 14.0 Å². The lowest BCUT2D eigenvalue weighted by molar-refractivity contribution is 0.0915. The van der Waals surface area contributed by atoms with Gasteiger partial charge in [-0.1, -0.05) is 11.6 Å². The average Bonchev–Trinajstić information content (AvgIpc) is 3.07. The van der Waals surface area contributed by atoms with E-state index < -0.39 is 17.8 Å². The van der Waals surface area contributed by atoms with Crippen molar-refractivity contribution in [1.29, 1.82) is 0 Å². The summed E-state index contributed by atoms with van der Waals surface area (Å²) in [5, 5.41) is 10.0. The van der Waals surface area contributed by atoms with Crippen LogP contribution in [0.5, 0.6) is 0 Å². The number of carbonyl (C=O) groups excluding carboxylic acids is 2. The predicted molar refractivity (Wildman–Crippen MR) is 99.9 cm³/mol. The molecule has 1 saturated carbocycles. The molecule has 0 spiro atoms. The lowest BCUT2D eigenvalue weighted by atomic mass is 10.1. The third-order valence-electron chi connectivity index (χ3n) is 5.41. The van der Waals surface area contributed by atoms with E-state index >= 15 is 0 Å². The van der Waals surface area contributed by atoms with E-state index in [2.05, 4.69) is 15.7 Å². The largest absolute Gasteiger partial charge is 0.381 e. The van der Waals surface area contributed by atoms with Gasteiger partial charge in [0.25, 0.3) is 11.8 Å². The van der Waals surface area contributed by atoms with Crippen molar-refractivity contribution >= 4 is 23.4 Å². The molecular weight excluding hydrogens is 387 g/mol. The van der Waals surface area contributed by atoms with Gasteiger partial charge in [0, 0.05) is 36.0 Å². The fourth-order valence-electron chi connectivity index (χ4n) is 3.73. The van der Waals surface area contributed by atoms with E-state index in [0.29, 0.717) is 30.6 Å². The third kappa shape index (κ3) is 3.38. The number of rotatable bonds is 5. The molecule has 1 aliphatic carbocycles. The number of ether oxygens (including phenoxy) is 1. The Morgan fingerprint density at radius 1 is 1.25 bits per heavy atom. The standard InChI is InChI=1S/C19H20ClFN4O3/c1-9(10-3-11(20)5-12(21)4-10)25-16(6-15(24-25)18(26)22-2)19(27)23-17-13-7-28-8-14(13)17/h3-6,9,13-14,17H,7-8H2,1-2H3,(H,22,26)(H,23,27). The van der Waals surface area contributed by atoms with Crippen LogP contribution in [0.15, 0.2) is 24.3 Å². The van der Waals surface area contributed by atoms with Gasteiger partial charge in [0.1, 0.15) is 11.5 Å². The molecule has 4 rings (SSSR count). The van der Waals surface area contributed by atoms with Crippen LogP contribution >= 0.6 is 11.6 Å². The Labute approximate surface area is 166 Å². The molecule has 1 saturated heterocycles. The fraction of sp³-hybridized carbons (Fsp3) is 0.421. The van der Waals surface area contributed by atoms with Crippen molar-refractivity contribution in [1.82, 2.24) is 20.4 Å². The molecule has 2 fully saturated rings. The Morgan fingerprint density at radius 2 is 1.96 bits per heavy atom. The first kappa shape index (κ1) is 18.9. The van der Waals surface area contributed by atoms with E-state index in [1.165, 1.54) is 29.9 Å². The summed E-state index contributed by atoms with van der Waals surface area (Å²) in [5.41, 5.74) is 0.890. The number of benzene rings is 1. The van der Waals surface area contributed by atoms with E-state index in [1.807, 2.05) is 0 Å². The smallest absolute Gasteiger partial charge is 0.271 e. The number of carbonyl (C=O) groups is 2. The van der Waals surface area contributed by atoms with E-state index in [4.69, 9.17) is 16.3 Å². The maximum absolute atomic E-state index is 13.8. The first-order valence-corrected chi connectivity index (χ1v) is 9.43. The normalized spacial score (nSPS) is 23.8. The maximum Gasteiger partial charge on any atom is 0.271 e. The molecule has 2 N–H and O–H groups in total. The van der Waals surface area contributed by atoms with Crippen molar-refractivity contribution in [3.05, 3.63) is 52.1 Å². The molecule has 1 aromatic carbocycles. The summed E-state index contributed by atoms with van der Waals surface area (Å²) in [7, 11) is 1.49. The van der Waals surface area contributed by atoms with Gasteiger partial charge in [-0.25, -0.2) is 4.39 Å². The summed E-state index contributed by atoms with van der Waals surface area (Å²) in [5.74, 6) is -0.522. The first-order valence-electron chi connectivity index (χ1n) is 9.05. The molecule has 1 aliphatic heterocycles. The molecular formula is C19H20ClFN4O3. The van der Waals surface area contributed by atoms with Gasteiger partial charge in [-0.3, -0.25) is 14.3 Å². The minimum Gasteiger partial charge on any atom is -0.381 e. The molecule has 2 heterocycles. The van der Waals surface area contributed by atoms with Crippen molar-refractivity contribution in [2.24, 2.45) is 11.8 Å². The molecule has 148 valence electrons. The molecule has 7 nitrogen and oxygen atoms in total. The topological polar surface area (TPSA) is 85.3 Å². The number of hydrogen-bond donors (Lipinski definition) is 2. The molecule has 2 aliphatic rings. The third-order valence-corrected chi connectivity index (χ3v) is 5.63. The van der Waals surface area contributed by atoms with Crippen LogP contribution in [0.3, 0.4) is 0 Å². The van der Waals surface area contributed by atoms with E-state index in [0.717, 1.165) is 0 Å². The van der Waals surface area contributed by atoms with Gasteiger partial charge in [-0.15, -0.1) is 0 Å². The Hall–Kier alpha value is -2.45. The number of hydrogen-bond acceptors (Lipinski definition) is 4. The van der Waals surface area contributed by atoms with Crippen molar-refractivity contribution in [3.8, 4) is 0 Å². The molecule has 28 heavy (non-hydrogen) atoms. The van der Waals surface area contributed by atoms with Gasteiger partial charge in [0.15, 0.2) is 5.69 Å². The second-order valence-electron chi connectivity index (χ2n) is 7.18. The van der Waals surface area contributed by atoms with Gasteiger partial charge in [-0.05, 0) is 30.7 Å². The van der Waals surface area contributed by atoms with Crippen LogP contribution in [0, 0.1) is 17.7 Å².